The van der Waals surface area contributed by atoms with Gasteiger partial charge in [0.05, 0.1) is 0 Å². The average molecular weight is 252 g/mol. The van der Waals surface area contributed by atoms with Crippen LogP contribution in [0.2, 0.25) is 0 Å². The van der Waals surface area contributed by atoms with Crippen LogP contribution in [0, 0.1) is 0 Å². The van der Waals surface area contributed by atoms with E-state index >= 15 is 0 Å². The fraction of sp³-hybridized carbons (Fsp3) is 0.583. The van der Waals surface area contributed by atoms with Crippen molar-refractivity contribution in [2.24, 2.45) is 0 Å². The summed E-state index contributed by atoms with van der Waals surface area (Å²) in [4.78, 5) is 29.0. The molecule has 0 atom stereocenters. The molecule has 1 fully saturated rings. The van der Waals surface area contributed by atoms with E-state index in [4.69, 9.17) is 9.84 Å². The minimum absolute atomic E-state index is 0.346. The van der Waals surface area contributed by atoms with E-state index < -0.39 is 17.1 Å². The lowest BCUT2D eigenvalue weighted by Gasteiger charge is -2.34. The molecule has 6 heteroatoms. The molecular weight excluding hydrogens is 236 g/mol. The van der Waals surface area contributed by atoms with E-state index in [1.807, 2.05) is 0 Å². The Morgan fingerprint density at radius 2 is 2.11 bits per heavy atom. The molecule has 0 aromatic carbocycles. The van der Waals surface area contributed by atoms with E-state index in [0.717, 1.165) is 38.3 Å². The SMILES string of the molecule is COC1(c2ncc(C(=O)O)c(=O)[nH]2)CCCCC1. The van der Waals surface area contributed by atoms with Crippen molar-refractivity contribution < 1.29 is 14.6 Å². The summed E-state index contributed by atoms with van der Waals surface area (Å²) in [6, 6.07) is 0. The van der Waals surface area contributed by atoms with Gasteiger partial charge in [0.1, 0.15) is 17.0 Å². The fourth-order valence-corrected chi connectivity index (χ4v) is 2.44. The smallest absolute Gasteiger partial charge is 0.342 e. The number of hydrogen-bond donors (Lipinski definition) is 2. The summed E-state index contributed by atoms with van der Waals surface area (Å²) in [7, 11) is 1.59. The molecule has 0 saturated heterocycles. The molecule has 0 unspecified atom stereocenters. The third-order valence-corrected chi connectivity index (χ3v) is 3.51. The summed E-state index contributed by atoms with van der Waals surface area (Å²) in [6.45, 7) is 0. The predicted octanol–water partition coefficient (Wildman–Crippen LogP) is 1.27. The molecule has 1 aliphatic carbocycles. The van der Waals surface area contributed by atoms with Gasteiger partial charge < -0.3 is 14.8 Å². The van der Waals surface area contributed by atoms with Crippen molar-refractivity contribution >= 4 is 5.97 Å². The van der Waals surface area contributed by atoms with Crippen LogP contribution < -0.4 is 5.56 Å². The number of hydrogen-bond acceptors (Lipinski definition) is 4. The predicted molar refractivity (Wildman–Crippen MR) is 63.6 cm³/mol. The molecule has 18 heavy (non-hydrogen) atoms. The zero-order valence-electron chi connectivity index (χ0n) is 10.2. The Morgan fingerprint density at radius 1 is 1.44 bits per heavy atom. The highest BCUT2D eigenvalue weighted by Gasteiger charge is 2.36. The summed E-state index contributed by atoms with van der Waals surface area (Å²) in [5.41, 5.74) is -1.55. The second-order valence-corrected chi connectivity index (χ2v) is 4.54. The molecule has 1 aliphatic rings. The van der Waals surface area contributed by atoms with Crippen molar-refractivity contribution in [2.75, 3.05) is 7.11 Å². The van der Waals surface area contributed by atoms with Gasteiger partial charge in [0, 0.05) is 13.3 Å². The van der Waals surface area contributed by atoms with Crippen molar-refractivity contribution in [3.63, 3.8) is 0 Å². The quantitative estimate of drug-likeness (QED) is 0.845. The van der Waals surface area contributed by atoms with Crippen molar-refractivity contribution in [3.8, 4) is 0 Å². The number of aromatic nitrogens is 2. The Balaban J connectivity index is 2.41. The third kappa shape index (κ3) is 2.15. The third-order valence-electron chi connectivity index (χ3n) is 3.51. The van der Waals surface area contributed by atoms with Crippen LogP contribution in [0.5, 0.6) is 0 Å². The normalized spacial score (nSPS) is 18.5. The first-order valence-corrected chi connectivity index (χ1v) is 5.97. The largest absolute Gasteiger partial charge is 0.477 e. The zero-order chi connectivity index (χ0) is 13.2. The second kappa shape index (κ2) is 4.89. The molecule has 0 spiro atoms. The maximum atomic E-state index is 11.7. The number of nitrogens with one attached hydrogen (secondary N) is 1. The number of aromatic carboxylic acids is 1. The molecule has 0 aliphatic heterocycles. The van der Waals surface area contributed by atoms with Gasteiger partial charge in [-0.3, -0.25) is 4.79 Å². The number of H-pyrrole nitrogens is 1. The van der Waals surface area contributed by atoms with Gasteiger partial charge in [0.15, 0.2) is 0 Å². The molecule has 0 amide bonds. The number of carbonyl (C=O) groups is 1. The van der Waals surface area contributed by atoms with Gasteiger partial charge in [-0.25, -0.2) is 9.78 Å². The van der Waals surface area contributed by atoms with Crippen LogP contribution in [0.25, 0.3) is 0 Å². The highest BCUT2D eigenvalue weighted by atomic mass is 16.5. The monoisotopic (exact) mass is 252 g/mol. The van der Waals surface area contributed by atoms with Gasteiger partial charge in [-0.15, -0.1) is 0 Å². The van der Waals surface area contributed by atoms with Crippen molar-refractivity contribution in [3.05, 3.63) is 27.9 Å². The van der Waals surface area contributed by atoms with Crippen molar-refractivity contribution in [2.45, 2.75) is 37.7 Å². The van der Waals surface area contributed by atoms with Crippen LogP contribution in [0.3, 0.4) is 0 Å². The lowest BCUT2D eigenvalue weighted by atomic mass is 9.84. The first-order chi connectivity index (χ1) is 8.59. The molecule has 2 rings (SSSR count). The number of carboxylic acid groups (broad SMARTS) is 1. The summed E-state index contributed by atoms with van der Waals surface area (Å²) < 4.78 is 5.54. The van der Waals surface area contributed by atoms with E-state index in [9.17, 15) is 9.59 Å². The number of rotatable bonds is 3. The van der Waals surface area contributed by atoms with E-state index in [1.165, 1.54) is 0 Å². The Hall–Kier alpha value is -1.69. The van der Waals surface area contributed by atoms with Crippen LogP contribution in [0.1, 0.15) is 48.3 Å². The molecule has 2 N–H and O–H groups in total. The molecule has 1 heterocycles. The topological polar surface area (TPSA) is 92.3 Å². The van der Waals surface area contributed by atoms with E-state index in [-0.39, 0.29) is 5.56 Å². The summed E-state index contributed by atoms with van der Waals surface area (Å²) in [6.07, 6.45) is 5.85. The van der Waals surface area contributed by atoms with Crippen LogP contribution in [-0.4, -0.2) is 28.2 Å². The Bertz CT molecular complexity index is 503. The molecule has 0 bridgehead atoms. The van der Waals surface area contributed by atoms with Crippen LogP contribution in [0.15, 0.2) is 11.0 Å². The van der Waals surface area contributed by atoms with Gasteiger partial charge in [0.25, 0.3) is 5.56 Å². The van der Waals surface area contributed by atoms with Gasteiger partial charge in [-0.1, -0.05) is 19.3 Å². The maximum absolute atomic E-state index is 11.7. The summed E-state index contributed by atoms with van der Waals surface area (Å²) in [5, 5.41) is 8.80. The molecular formula is C12H16N2O4. The van der Waals surface area contributed by atoms with E-state index in [0.29, 0.717) is 5.82 Å². The number of aromatic amines is 1. The average Bonchev–Trinajstić information content (AvgIpc) is 2.39. The Kier molecular flexibility index (Phi) is 3.47. The zero-order valence-corrected chi connectivity index (χ0v) is 10.2. The second-order valence-electron chi connectivity index (χ2n) is 4.54. The number of carboxylic acids is 1. The lowest BCUT2D eigenvalue weighted by Crippen LogP contribution is -2.36. The standard InChI is InChI=1S/C12H16N2O4/c1-18-12(5-3-2-4-6-12)11-13-7-8(10(16)17)9(15)14-11/h7H,2-6H2,1H3,(H,16,17)(H,13,14,15). The fourth-order valence-electron chi connectivity index (χ4n) is 2.44. The van der Waals surface area contributed by atoms with E-state index in [2.05, 4.69) is 9.97 Å². The van der Waals surface area contributed by atoms with Gasteiger partial charge in [-0.05, 0) is 12.8 Å². The molecule has 98 valence electrons. The lowest BCUT2D eigenvalue weighted by molar-refractivity contribution is -0.0517. The highest BCUT2D eigenvalue weighted by molar-refractivity contribution is 5.86. The van der Waals surface area contributed by atoms with E-state index in [1.54, 1.807) is 7.11 Å². The minimum atomic E-state index is -1.27. The molecule has 6 nitrogen and oxygen atoms in total. The van der Waals surface area contributed by atoms with Crippen LogP contribution >= 0.6 is 0 Å². The Morgan fingerprint density at radius 3 is 2.61 bits per heavy atom. The summed E-state index contributed by atoms with van der Waals surface area (Å²) in [5.74, 6) is -0.842. The van der Waals surface area contributed by atoms with Gasteiger partial charge >= 0.3 is 5.97 Å². The van der Waals surface area contributed by atoms with Crippen LogP contribution in [0.4, 0.5) is 0 Å². The van der Waals surface area contributed by atoms with Gasteiger partial charge in [0.2, 0.25) is 0 Å². The van der Waals surface area contributed by atoms with Crippen molar-refractivity contribution in [1.29, 1.82) is 0 Å². The molecule has 1 saturated carbocycles. The minimum Gasteiger partial charge on any atom is -0.477 e. The first-order valence-electron chi connectivity index (χ1n) is 5.97. The Labute approximate surface area is 104 Å². The van der Waals surface area contributed by atoms with Gasteiger partial charge in [-0.2, -0.15) is 0 Å². The van der Waals surface area contributed by atoms with Crippen LogP contribution in [-0.2, 0) is 10.3 Å². The maximum Gasteiger partial charge on any atom is 0.342 e. The number of nitrogens with zero attached hydrogens (tertiary/aromatic N) is 1. The highest BCUT2D eigenvalue weighted by Crippen LogP contribution is 2.37. The molecule has 0 radical (unpaired) electrons. The molecule has 1 aromatic heterocycles. The first kappa shape index (κ1) is 12.8. The number of ether oxygens (including phenoxy) is 1. The van der Waals surface area contributed by atoms with Crippen molar-refractivity contribution in [1.82, 2.24) is 9.97 Å². The summed E-state index contributed by atoms with van der Waals surface area (Å²) >= 11 is 0. The number of methoxy groups -OCH3 is 1. The molecule has 1 aromatic rings.